The summed E-state index contributed by atoms with van der Waals surface area (Å²) in [5.41, 5.74) is -0.500. The predicted molar refractivity (Wildman–Crippen MR) is 247 cm³/mol. The minimum atomic E-state index is -2.12. The number of esters is 1. The highest BCUT2D eigenvalue weighted by atomic mass is 16.7. The molecule has 0 spiro atoms. The molecule has 0 radical (unpaired) electrons. The van der Waals surface area contributed by atoms with Gasteiger partial charge in [0.25, 0.3) is 17.2 Å². The lowest BCUT2D eigenvalue weighted by Gasteiger charge is -2.38. The number of anilines is 1. The quantitative estimate of drug-likeness (QED) is 0.0558. The van der Waals surface area contributed by atoms with Crippen molar-refractivity contribution < 1.29 is 58.9 Å². The maximum atomic E-state index is 14.6. The molecule has 1 amide bonds. The average Bonchev–Trinajstić information content (AvgIpc) is 3.67. The molecule has 66 heavy (non-hydrogen) atoms. The van der Waals surface area contributed by atoms with Crippen molar-refractivity contribution in [1.82, 2.24) is 9.36 Å². The summed E-state index contributed by atoms with van der Waals surface area (Å²) in [5, 5.41) is 60.9. The molecule has 17 heteroatoms. The number of nitrogens with zero attached hydrogens (tertiary/aromatic N) is 3. The first-order valence-corrected chi connectivity index (χ1v) is 21.5. The van der Waals surface area contributed by atoms with E-state index in [1.807, 2.05) is 0 Å². The molecule has 17 nitrogen and oxygen atoms in total. The standard InChI is InChI=1S/C49H58N4O13/c1-23-16-15-17-24(2)47(61)51-38-32(22-50-37-29(7)52(10)53(48(37)62)31-18-13-12-14-19-31)42(58)34-35(43(38)59)41(57)28(6)45-36(34)46(60)49(9,66-45)64-21-20-33(63-11)25(3)44(65-30(8)54)27(5)40(56)26(4)39(23)55/h12-23,25-27,33,39-40,44,55-59H,1-11H3,(H,51,61)/b16-15+,21-20+,24-17-,50-22?/t23-,25+,26+,27+,33-,39-,40+,44+,49-/m0/s1. The molecule has 7 rings (SSSR count). The van der Waals surface area contributed by atoms with Crippen LogP contribution in [-0.4, -0.2) is 96.1 Å². The number of allylic oxidation sites excluding steroid dienone is 2. The number of aliphatic imine (C=N–C) groups is 1. The highest BCUT2D eigenvalue weighted by Crippen LogP contribution is 2.55. The molecular formula is C49H58N4O13. The van der Waals surface area contributed by atoms with Crippen molar-refractivity contribution in [3.05, 3.63) is 99.2 Å². The van der Waals surface area contributed by atoms with Crippen LogP contribution in [0, 0.1) is 37.5 Å². The molecule has 0 unspecified atom stereocenters. The van der Waals surface area contributed by atoms with E-state index in [0.29, 0.717) is 11.4 Å². The number of ketones is 1. The van der Waals surface area contributed by atoms with Gasteiger partial charge in [0.15, 0.2) is 11.4 Å². The van der Waals surface area contributed by atoms with Gasteiger partial charge in [0.2, 0.25) is 0 Å². The number of aliphatic hydroxyl groups is 2. The van der Waals surface area contributed by atoms with Crippen molar-refractivity contribution in [2.75, 3.05) is 12.4 Å². The fourth-order valence-electron chi connectivity index (χ4n) is 8.70. The van der Waals surface area contributed by atoms with E-state index in [1.165, 1.54) is 57.9 Å². The second-order valence-corrected chi connectivity index (χ2v) is 17.3. The fraction of sp³-hybridized carbons (Fsp3) is 0.408. The van der Waals surface area contributed by atoms with Crippen LogP contribution in [0.5, 0.6) is 23.0 Å². The maximum Gasteiger partial charge on any atom is 0.312 e. The molecule has 5 bridgehead atoms. The van der Waals surface area contributed by atoms with Gasteiger partial charge in [-0.1, -0.05) is 64.1 Å². The van der Waals surface area contributed by atoms with Crippen LogP contribution in [0.4, 0.5) is 11.4 Å². The van der Waals surface area contributed by atoms with Gasteiger partial charge in [-0.3, -0.25) is 23.9 Å². The number of aliphatic hydroxyl groups excluding tert-OH is 2. The molecule has 4 heterocycles. The number of carbonyl (C=O) groups excluding carboxylic acids is 3. The van der Waals surface area contributed by atoms with Crippen LogP contribution < -0.4 is 15.6 Å². The third-order valence-electron chi connectivity index (χ3n) is 12.9. The zero-order valence-corrected chi connectivity index (χ0v) is 38.8. The van der Waals surface area contributed by atoms with Gasteiger partial charge in [-0.25, -0.2) is 9.67 Å². The van der Waals surface area contributed by atoms with Crippen LogP contribution in [0.15, 0.2) is 76.3 Å². The Hall–Kier alpha value is -6.69. The number of benzene rings is 3. The Morgan fingerprint density at radius 3 is 2.21 bits per heavy atom. The van der Waals surface area contributed by atoms with E-state index < -0.39 is 105 Å². The number of aromatic nitrogens is 2. The summed E-state index contributed by atoms with van der Waals surface area (Å²) in [6.07, 6.45) is 4.32. The van der Waals surface area contributed by atoms with Gasteiger partial charge in [-0.05, 0) is 39.0 Å². The zero-order valence-electron chi connectivity index (χ0n) is 38.8. The molecule has 9 atom stereocenters. The first kappa shape index (κ1) is 48.8. The van der Waals surface area contributed by atoms with Crippen LogP contribution in [-0.2, 0) is 30.8 Å². The summed E-state index contributed by atoms with van der Waals surface area (Å²) in [5.74, 6) is -9.16. The largest absolute Gasteiger partial charge is 0.507 e. The highest BCUT2D eigenvalue weighted by Gasteiger charge is 2.50. The molecule has 3 aromatic carbocycles. The first-order chi connectivity index (χ1) is 31.1. The van der Waals surface area contributed by atoms with E-state index in [0.717, 1.165) is 6.21 Å². The van der Waals surface area contributed by atoms with Crippen LogP contribution in [0.1, 0.15) is 75.6 Å². The highest BCUT2D eigenvalue weighted by molar-refractivity contribution is 6.24. The molecule has 352 valence electrons. The molecule has 0 saturated heterocycles. The van der Waals surface area contributed by atoms with Crippen LogP contribution in [0.25, 0.3) is 16.5 Å². The molecule has 0 fully saturated rings. The number of ether oxygens (including phenoxy) is 4. The zero-order chi connectivity index (χ0) is 48.7. The number of rotatable bonds is 5. The predicted octanol–water partition coefficient (Wildman–Crippen LogP) is 6.30. The minimum Gasteiger partial charge on any atom is -0.507 e. The number of fused-ring (bicyclic) bond motifs is 14. The van der Waals surface area contributed by atoms with Crippen molar-refractivity contribution in [2.45, 2.75) is 92.5 Å². The lowest BCUT2D eigenvalue weighted by atomic mass is 9.78. The van der Waals surface area contributed by atoms with Crippen LogP contribution in [0.3, 0.4) is 0 Å². The molecule has 0 saturated carbocycles. The average molecular weight is 911 g/mol. The Balaban J connectivity index is 1.57. The number of para-hydroxylation sites is 1. The number of hydrogen-bond acceptors (Lipinski definition) is 14. The van der Waals surface area contributed by atoms with Gasteiger partial charge >= 0.3 is 11.8 Å². The Morgan fingerprint density at radius 2 is 1.58 bits per heavy atom. The summed E-state index contributed by atoms with van der Waals surface area (Å²) < 4.78 is 26.6. The third-order valence-corrected chi connectivity index (χ3v) is 12.9. The Labute approximate surface area is 381 Å². The van der Waals surface area contributed by atoms with E-state index in [9.17, 15) is 44.7 Å². The molecule has 6 N–H and O–H groups in total. The van der Waals surface area contributed by atoms with Crippen molar-refractivity contribution in [1.29, 1.82) is 0 Å². The van der Waals surface area contributed by atoms with Gasteiger partial charge in [-0.2, -0.15) is 0 Å². The summed E-state index contributed by atoms with van der Waals surface area (Å²) >= 11 is 0. The number of carbonyl (C=O) groups is 3. The molecule has 3 aliphatic rings. The number of phenols is 3. The Bertz CT molecular complexity index is 2750. The minimum absolute atomic E-state index is 0.00523. The number of nitrogens with one attached hydrogen (secondary N) is 1. The van der Waals surface area contributed by atoms with Gasteiger partial charge in [-0.15, -0.1) is 0 Å². The second-order valence-electron chi connectivity index (χ2n) is 17.3. The van der Waals surface area contributed by atoms with Crippen molar-refractivity contribution in [2.24, 2.45) is 35.7 Å². The van der Waals surface area contributed by atoms with Crippen LogP contribution in [0.2, 0.25) is 0 Å². The van der Waals surface area contributed by atoms with Crippen molar-refractivity contribution in [3.8, 4) is 28.7 Å². The van der Waals surface area contributed by atoms with Crippen LogP contribution >= 0.6 is 0 Å². The lowest BCUT2D eigenvalue weighted by Crippen LogP contribution is -2.46. The van der Waals surface area contributed by atoms with E-state index in [4.69, 9.17) is 18.9 Å². The lowest BCUT2D eigenvalue weighted by molar-refractivity contribution is -0.160. The van der Waals surface area contributed by atoms with E-state index in [2.05, 4.69) is 10.3 Å². The summed E-state index contributed by atoms with van der Waals surface area (Å²) in [6, 6.07) is 8.83. The summed E-state index contributed by atoms with van der Waals surface area (Å²) in [4.78, 5) is 59.3. The number of methoxy groups -OCH3 is 1. The Kier molecular flexibility index (Phi) is 14.1. The van der Waals surface area contributed by atoms with Gasteiger partial charge in [0.05, 0.1) is 58.2 Å². The normalized spacial score (nSPS) is 28.2. The van der Waals surface area contributed by atoms with Gasteiger partial charge in [0, 0.05) is 74.4 Å². The number of amides is 1. The van der Waals surface area contributed by atoms with Gasteiger partial charge < -0.3 is 49.8 Å². The Morgan fingerprint density at radius 1 is 0.909 bits per heavy atom. The fourth-order valence-corrected chi connectivity index (χ4v) is 8.70. The topological polar surface area (TPSA) is 241 Å². The SMILES string of the molecule is CO[C@H]1/C=C/O[C@@]2(C)Oc3c(C)c(O)c4c(O)c(c(C=Nc5c(C)n(C)n(-c6ccccc6)c5=O)c(O)c4c3C2=O)NC(=O)/C(C)=C\C=C\[C@H](C)[C@H](O)[C@@H](C)[C@@H](O)[C@@H](C)[C@H](OC(C)=O)[C@@H]1C. The summed E-state index contributed by atoms with van der Waals surface area (Å²) in [7, 11) is 3.09. The number of hydrogen-bond donors (Lipinski definition) is 6. The number of Topliss-reactive ketones (excluding diaryl/α,β-unsaturated/α-hetero) is 1. The van der Waals surface area contributed by atoms with Crippen molar-refractivity contribution >= 4 is 46.0 Å². The molecular weight excluding hydrogens is 853 g/mol. The van der Waals surface area contributed by atoms with E-state index >= 15 is 0 Å². The smallest absolute Gasteiger partial charge is 0.312 e. The van der Waals surface area contributed by atoms with Gasteiger partial charge in [0.1, 0.15) is 23.4 Å². The number of aromatic hydroxyl groups is 3. The third kappa shape index (κ3) is 8.73. The molecule has 1 aromatic heterocycles. The summed E-state index contributed by atoms with van der Waals surface area (Å²) in [6.45, 7) is 14.0. The second kappa shape index (κ2) is 19.0. The molecule has 4 aromatic rings. The number of phenolic OH excluding ortho intramolecular Hbond substituents is 3. The van der Waals surface area contributed by atoms with E-state index in [-0.39, 0.29) is 39.1 Å². The molecule has 0 aliphatic carbocycles. The van der Waals surface area contributed by atoms with Crippen molar-refractivity contribution in [3.63, 3.8) is 0 Å². The monoisotopic (exact) mass is 910 g/mol. The van der Waals surface area contributed by atoms with E-state index in [1.54, 1.807) is 88.8 Å². The maximum absolute atomic E-state index is 14.6. The first-order valence-electron chi connectivity index (χ1n) is 21.5. The molecule has 3 aliphatic heterocycles.